The van der Waals surface area contributed by atoms with Gasteiger partial charge >= 0.3 is 0 Å². The average molecular weight is 516 g/mol. The third-order valence-corrected chi connectivity index (χ3v) is 6.53. The highest BCUT2D eigenvalue weighted by Crippen LogP contribution is 2.22. The topological polar surface area (TPSA) is 86.8 Å². The van der Waals surface area contributed by atoms with Gasteiger partial charge in [0.05, 0.1) is 11.9 Å². The number of nitrogens with one attached hydrogen (secondary N) is 1. The Bertz CT molecular complexity index is 1130. The van der Waals surface area contributed by atoms with Gasteiger partial charge in [-0.15, -0.1) is 0 Å². The Balaban J connectivity index is 2.17. The van der Waals surface area contributed by atoms with E-state index in [0.717, 1.165) is 34.3 Å². The standard InChI is InChI=1S/C23H28ClF2N3O4S/c1-4-27-23(31)16(2)28(15-17-7-5-8-18(24)13-17)22(30)9-6-12-29(34(3,32)33)19-10-11-20(25)21(26)14-19/h5,7-8,10-11,13-14,16H,4,6,9,12,15H2,1-3H3,(H,27,31)/t16-/m0/s1. The van der Waals surface area contributed by atoms with Crippen molar-refractivity contribution >= 4 is 39.1 Å². The van der Waals surface area contributed by atoms with Crippen LogP contribution in [0.1, 0.15) is 32.3 Å². The number of nitrogens with zero attached hydrogens (tertiary/aromatic N) is 2. The Morgan fingerprint density at radius 3 is 2.41 bits per heavy atom. The van der Waals surface area contributed by atoms with Gasteiger partial charge in [0, 0.05) is 37.1 Å². The van der Waals surface area contributed by atoms with Gasteiger partial charge in [0.15, 0.2) is 11.6 Å². The number of amides is 2. The van der Waals surface area contributed by atoms with Crippen molar-refractivity contribution in [2.24, 2.45) is 0 Å². The van der Waals surface area contributed by atoms with Crippen molar-refractivity contribution in [3.05, 3.63) is 64.7 Å². The molecule has 2 aromatic carbocycles. The molecule has 0 heterocycles. The quantitative estimate of drug-likeness (QED) is 0.494. The van der Waals surface area contributed by atoms with E-state index in [1.165, 1.54) is 4.90 Å². The van der Waals surface area contributed by atoms with Gasteiger partial charge in [0.2, 0.25) is 21.8 Å². The number of hydrogen-bond acceptors (Lipinski definition) is 4. The highest BCUT2D eigenvalue weighted by Gasteiger charge is 2.26. The first-order valence-corrected chi connectivity index (χ1v) is 12.9. The van der Waals surface area contributed by atoms with Crippen LogP contribution in [-0.4, -0.2) is 50.5 Å². The van der Waals surface area contributed by atoms with Crippen LogP contribution >= 0.6 is 11.6 Å². The maximum absolute atomic E-state index is 13.6. The van der Waals surface area contributed by atoms with Crippen LogP contribution in [0.15, 0.2) is 42.5 Å². The molecule has 0 aromatic heterocycles. The molecule has 0 fully saturated rings. The molecule has 0 aliphatic carbocycles. The normalized spacial score (nSPS) is 12.2. The average Bonchev–Trinajstić information content (AvgIpc) is 2.76. The molecule has 2 amide bonds. The van der Waals surface area contributed by atoms with E-state index in [2.05, 4.69) is 5.32 Å². The van der Waals surface area contributed by atoms with E-state index >= 15 is 0 Å². The van der Waals surface area contributed by atoms with E-state index in [4.69, 9.17) is 11.6 Å². The van der Waals surface area contributed by atoms with Gasteiger partial charge in [-0.3, -0.25) is 13.9 Å². The van der Waals surface area contributed by atoms with Gasteiger partial charge in [0.1, 0.15) is 6.04 Å². The Morgan fingerprint density at radius 2 is 1.82 bits per heavy atom. The summed E-state index contributed by atoms with van der Waals surface area (Å²) < 4.78 is 52.3. The monoisotopic (exact) mass is 515 g/mol. The largest absolute Gasteiger partial charge is 0.355 e. The molecule has 0 unspecified atom stereocenters. The van der Waals surface area contributed by atoms with Crippen molar-refractivity contribution in [2.45, 2.75) is 39.3 Å². The zero-order chi connectivity index (χ0) is 25.5. The summed E-state index contributed by atoms with van der Waals surface area (Å²) >= 11 is 6.04. The Labute approximate surface area is 203 Å². The molecule has 0 bridgehead atoms. The van der Waals surface area contributed by atoms with Crippen LogP contribution in [0, 0.1) is 11.6 Å². The van der Waals surface area contributed by atoms with Crippen molar-refractivity contribution in [3.63, 3.8) is 0 Å². The zero-order valence-electron chi connectivity index (χ0n) is 19.2. The molecular formula is C23H28ClF2N3O4S. The highest BCUT2D eigenvalue weighted by molar-refractivity contribution is 7.92. The molecule has 0 saturated carbocycles. The van der Waals surface area contributed by atoms with E-state index in [9.17, 15) is 26.8 Å². The number of rotatable bonds is 11. The number of anilines is 1. The minimum absolute atomic E-state index is 0.0414. The van der Waals surface area contributed by atoms with Gasteiger partial charge in [-0.1, -0.05) is 23.7 Å². The van der Waals surface area contributed by atoms with Crippen molar-refractivity contribution in [1.29, 1.82) is 0 Å². The van der Waals surface area contributed by atoms with Crippen LogP contribution in [-0.2, 0) is 26.2 Å². The molecule has 1 atom stereocenters. The fourth-order valence-corrected chi connectivity index (χ4v) is 4.55. The van der Waals surface area contributed by atoms with Gasteiger partial charge < -0.3 is 10.2 Å². The van der Waals surface area contributed by atoms with E-state index in [-0.39, 0.29) is 43.4 Å². The Kier molecular flexibility index (Phi) is 9.81. The van der Waals surface area contributed by atoms with Crippen LogP contribution in [0.5, 0.6) is 0 Å². The highest BCUT2D eigenvalue weighted by atomic mass is 35.5. The summed E-state index contributed by atoms with van der Waals surface area (Å²) in [6, 6.07) is 8.93. The van der Waals surface area contributed by atoms with Crippen LogP contribution in [0.4, 0.5) is 14.5 Å². The molecule has 2 aromatic rings. The lowest BCUT2D eigenvalue weighted by molar-refractivity contribution is -0.140. The molecule has 34 heavy (non-hydrogen) atoms. The third-order valence-electron chi connectivity index (χ3n) is 5.10. The van der Waals surface area contributed by atoms with Crippen molar-refractivity contribution in [2.75, 3.05) is 23.7 Å². The molecule has 2 rings (SSSR count). The summed E-state index contributed by atoms with van der Waals surface area (Å²) in [6.07, 6.45) is 0.970. The maximum atomic E-state index is 13.6. The number of carbonyl (C=O) groups is 2. The summed E-state index contributed by atoms with van der Waals surface area (Å²) in [7, 11) is -3.82. The molecule has 0 aliphatic rings. The molecule has 7 nitrogen and oxygen atoms in total. The van der Waals surface area contributed by atoms with Crippen molar-refractivity contribution in [1.82, 2.24) is 10.2 Å². The Morgan fingerprint density at radius 1 is 1.12 bits per heavy atom. The first kappa shape index (κ1) is 27.5. The van der Waals surface area contributed by atoms with Gasteiger partial charge in [-0.05, 0) is 50.1 Å². The second-order valence-corrected chi connectivity index (χ2v) is 10.1. The predicted molar refractivity (Wildman–Crippen MR) is 128 cm³/mol. The molecule has 0 spiro atoms. The third kappa shape index (κ3) is 7.66. The molecule has 0 radical (unpaired) electrons. The molecule has 0 aliphatic heterocycles. The SMILES string of the molecule is CCNC(=O)[C@H](C)N(Cc1cccc(Cl)c1)C(=O)CCCN(c1ccc(F)c(F)c1)S(C)(=O)=O. The summed E-state index contributed by atoms with van der Waals surface area (Å²) in [5.41, 5.74) is 0.692. The van der Waals surface area contributed by atoms with Gasteiger partial charge in [-0.2, -0.15) is 0 Å². The van der Waals surface area contributed by atoms with Crippen LogP contribution < -0.4 is 9.62 Å². The molecule has 0 saturated heterocycles. The summed E-state index contributed by atoms with van der Waals surface area (Å²) in [6.45, 7) is 3.79. The first-order valence-electron chi connectivity index (χ1n) is 10.7. The van der Waals surface area contributed by atoms with E-state index in [1.54, 1.807) is 38.1 Å². The second-order valence-electron chi connectivity index (χ2n) is 7.76. The van der Waals surface area contributed by atoms with Crippen LogP contribution in [0.3, 0.4) is 0 Å². The van der Waals surface area contributed by atoms with E-state index < -0.39 is 27.7 Å². The van der Waals surface area contributed by atoms with Crippen molar-refractivity contribution < 1.29 is 26.8 Å². The summed E-state index contributed by atoms with van der Waals surface area (Å²) in [5, 5.41) is 3.18. The minimum atomic E-state index is -3.82. The van der Waals surface area contributed by atoms with E-state index in [0.29, 0.717) is 11.6 Å². The van der Waals surface area contributed by atoms with Gasteiger partial charge in [0.25, 0.3) is 0 Å². The van der Waals surface area contributed by atoms with E-state index in [1.807, 2.05) is 0 Å². The molecule has 1 N–H and O–H groups in total. The number of carbonyl (C=O) groups excluding carboxylic acids is 2. The molecular weight excluding hydrogens is 488 g/mol. The maximum Gasteiger partial charge on any atom is 0.242 e. The number of benzene rings is 2. The van der Waals surface area contributed by atoms with Crippen LogP contribution in [0.25, 0.3) is 0 Å². The lowest BCUT2D eigenvalue weighted by atomic mass is 10.1. The number of hydrogen-bond donors (Lipinski definition) is 1. The van der Waals surface area contributed by atoms with Crippen molar-refractivity contribution in [3.8, 4) is 0 Å². The Hall–Kier alpha value is -2.72. The number of likely N-dealkylation sites (N-methyl/N-ethyl adjacent to an activating group) is 1. The summed E-state index contributed by atoms with van der Waals surface area (Å²) in [4.78, 5) is 26.9. The minimum Gasteiger partial charge on any atom is -0.355 e. The second kappa shape index (κ2) is 12.1. The fourth-order valence-electron chi connectivity index (χ4n) is 3.38. The van der Waals surface area contributed by atoms with Crippen LogP contribution in [0.2, 0.25) is 5.02 Å². The molecule has 11 heteroatoms. The zero-order valence-corrected chi connectivity index (χ0v) is 20.8. The lowest BCUT2D eigenvalue weighted by Gasteiger charge is -2.29. The molecule has 186 valence electrons. The predicted octanol–water partition coefficient (Wildman–Crippen LogP) is 3.72. The smallest absolute Gasteiger partial charge is 0.242 e. The number of halogens is 3. The lowest BCUT2D eigenvalue weighted by Crippen LogP contribution is -2.47. The fraction of sp³-hybridized carbons (Fsp3) is 0.391. The first-order chi connectivity index (χ1) is 15.9. The van der Waals surface area contributed by atoms with Gasteiger partial charge in [-0.25, -0.2) is 17.2 Å². The summed E-state index contributed by atoms with van der Waals surface area (Å²) in [5.74, 6) is -2.95. The number of sulfonamides is 1.